The van der Waals surface area contributed by atoms with E-state index < -0.39 is 0 Å². The summed E-state index contributed by atoms with van der Waals surface area (Å²) in [5.74, 6) is 1.55. The number of anilines is 1. The van der Waals surface area contributed by atoms with Crippen LogP contribution in [0.1, 0.15) is 25.0 Å². The van der Waals surface area contributed by atoms with Gasteiger partial charge >= 0.3 is 0 Å². The first-order valence-electron chi connectivity index (χ1n) is 7.22. The van der Waals surface area contributed by atoms with Crippen LogP contribution in [0.3, 0.4) is 0 Å². The lowest BCUT2D eigenvalue weighted by atomic mass is 10.2. The summed E-state index contributed by atoms with van der Waals surface area (Å²) >= 11 is 0. The third-order valence-electron chi connectivity index (χ3n) is 3.14. The van der Waals surface area contributed by atoms with Crippen molar-refractivity contribution in [1.82, 2.24) is 0 Å². The molecule has 2 aromatic rings. The Morgan fingerprint density at radius 1 is 1.00 bits per heavy atom. The molecule has 0 spiro atoms. The first-order valence-corrected chi connectivity index (χ1v) is 7.22. The number of nitrogens with one attached hydrogen (secondary N) is 1. The fourth-order valence-electron chi connectivity index (χ4n) is 2.05. The second kappa shape index (κ2) is 7.02. The van der Waals surface area contributed by atoms with E-state index in [0.717, 1.165) is 29.3 Å². The normalized spacial score (nSPS) is 10.5. The number of methoxy groups -OCH3 is 1. The minimum Gasteiger partial charge on any atom is -0.493 e. The van der Waals surface area contributed by atoms with Crippen LogP contribution in [-0.4, -0.2) is 13.2 Å². The smallest absolute Gasteiger partial charge is 0.161 e. The fourth-order valence-corrected chi connectivity index (χ4v) is 2.05. The maximum atomic E-state index is 5.79. The highest BCUT2D eigenvalue weighted by atomic mass is 16.5. The van der Waals surface area contributed by atoms with Gasteiger partial charge in [-0.1, -0.05) is 23.8 Å². The number of rotatable bonds is 6. The Bertz CT molecular complexity index is 576. The van der Waals surface area contributed by atoms with Gasteiger partial charge in [0.1, 0.15) is 0 Å². The molecule has 21 heavy (non-hydrogen) atoms. The summed E-state index contributed by atoms with van der Waals surface area (Å²) in [6.07, 6.45) is 0.124. The molecule has 0 bridgehead atoms. The van der Waals surface area contributed by atoms with Crippen LogP contribution in [0.25, 0.3) is 0 Å². The molecule has 0 aliphatic carbocycles. The van der Waals surface area contributed by atoms with Gasteiger partial charge in [-0.2, -0.15) is 0 Å². The third kappa shape index (κ3) is 4.42. The predicted octanol–water partition coefficient (Wildman–Crippen LogP) is 4.40. The number of ether oxygens (including phenoxy) is 2. The van der Waals surface area contributed by atoms with Gasteiger partial charge in [-0.15, -0.1) is 0 Å². The van der Waals surface area contributed by atoms with Crippen LogP contribution in [0.15, 0.2) is 42.5 Å². The first-order chi connectivity index (χ1) is 10.1. The molecule has 0 atom stereocenters. The molecule has 112 valence electrons. The van der Waals surface area contributed by atoms with Gasteiger partial charge in [0.2, 0.25) is 0 Å². The predicted molar refractivity (Wildman–Crippen MR) is 87.3 cm³/mol. The highest BCUT2D eigenvalue weighted by molar-refractivity contribution is 5.47. The summed E-state index contributed by atoms with van der Waals surface area (Å²) in [4.78, 5) is 0. The fraction of sp³-hybridized carbons (Fsp3) is 0.333. The zero-order chi connectivity index (χ0) is 15.2. The lowest BCUT2D eigenvalue weighted by molar-refractivity contribution is 0.230. The molecule has 0 amide bonds. The number of aryl methyl sites for hydroxylation is 1. The van der Waals surface area contributed by atoms with Gasteiger partial charge in [0, 0.05) is 12.2 Å². The van der Waals surface area contributed by atoms with Gasteiger partial charge in [0.15, 0.2) is 11.5 Å². The molecule has 0 saturated heterocycles. The van der Waals surface area contributed by atoms with Gasteiger partial charge in [-0.05, 0) is 50.6 Å². The Balaban J connectivity index is 2.07. The molecule has 1 N–H and O–H groups in total. The number of hydrogen-bond acceptors (Lipinski definition) is 3. The summed E-state index contributed by atoms with van der Waals surface area (Å²) < 4.78 is 11.1. The molecular weight excluding hydrogens is 262 g/mol. The van der Waals surface area contributed by atoms with Gasteiger partial charge < -0.3 is 14.8 Å². The molecule has 0 saturated carbocycles. The Hall–Kier alpha value is -2.16. The molecule has 3 nitrogen and oxygen atoms in total. The molecule has 0 unspecified atom stereocenters. The number of benzene rings is 2. The molecule has 2 rings (SSSR count). The zero-order valence-corrected chi connectivity index (χ0v) is 13.1. The van der Waals surface area contributed by atoms with E-state index in [-0.39, 0.29) is 6.10 Å². The lowest BCUT2D eigenvalue weighted by Gasteiger charge is -2.15. The van der Waals surface area contributed by atoms with E-state index >= 15 is 0 Å². The number of hydrogen-bond donors (Lipinski definition) is 1. The van der Waals surface area contributed by atoms with Crippen molar-refractivity contribution >= 4 is 5.69 Å². The van der Waals surface area contributed by atoms with E-state index in [2.05, 4.69) is 36.5 Å². The Labute approximate surface area is 126 Å². The van der Waals surface area contributed by atoms with Gasteiger partial charge in [0.25, 0.3) is 0 Å². The minimum absolute atomic E-state index is 0.124. The van der Waals surface area contributed by atoms with Crippen molar-refractivity contribution in [1.29, 1.82) is 0 Å². The van der Waals surface area contributed by atoms with Crippen molar-refractivity contribution in [2.24, 2.45) is 0 Å². The van der Waals surface area contributed by atoms with E-state index in [4.69, 9.17) is 9.47 Å². The average Bonchev–Trinajstić information content (AvgIpc) is 2.46. The lowest BCUT2D eigenvalue weighted by Crippen LogP contribution is -2.07. The minimum atomic E-state index is 0.124. The maximum Gasteiger partial charge on any atom is 0.161 e. The molecule has 0 aliphatic heterocycles. The average molecular weight is 285 g/mol. The van der Waals surface area contributed by atoms with Gasteiger partial charge in [-0.3, -0.25) is 0 Å². The van der Waals surface area contributed by atoms with Crippen molar-refractivity contribution in [3.05, 3.63) is 53.6 Å². The van der Waals surface area contributed by atoms with Crippen LogP contribution in [-0.2, 0) is 6.54 Å². The Morgan fingerprint density at radius 2 is 1.71 bits per heavy atom. The van der Waals surface area contributed by atoms with Crippen LogP contribution in [0, 0.1) is 6.92 Å². The van der Waals surface area contributed by atoms with E-state index in [9.17, 15) is 0 Å². The molecule has 0 fully saturated rings. The second-order valence-corrected chi connectivity index (χ2v) is 5.37. The summed E-state index contributed by atoms with van der Waals surface area (Å²) in [5, 5.41) is 3.41. The van der Waals surface area contributed by atoms with Crippen LogP contribution in [0.2, 0.25) is 0 Å². The van der Waals surface area contributed by atoms with Crippen LogP contribution >= 0.6 is 0 Å². The quantitative estimate of drug-likeness (QED) is 0.853. The van der Waals surface area contributed by atoms with Gasteiger partial charge in [-0.25, -0.2) is 0 Å². The van der Waals surface area contributed by atoms with Crippen molar-refractivity contribution in [2.75, 3.05) is 12.4 Å². The van der Waals surface area contributed by atoms with Gasteiger partial charge in [0.05, 0.1) is 13.2 Å². The molecule has 0 aliphatic rings. The molecule has 2 aromatic carbocycles. The van der Waals surface area contributed by atoms with E-state index in [1.54, 1.807) is 7.11 Å². The summed E-state index contributed by atoms with van der Waals surface area (Å²) in [6, 6.07) is 14.4. The van der Waals surface area contributed by atoms with Crippen LogP contribution in [0.4, 0.5) is 5.69 Å². The maximum absolute atomic E-state index is 5.79. The SMILES string of the molecule is COc1ccc(CNc2ccc(C)cc2)cc1OC(C)C. The van der Waals surface area contributed by atoms with Crippen LogP contribution < -0.4 is 14.8 Å². The highest BCUT2D eigenvalue weighted by Gasteiger charge is 2.07. The first kappa shape index (κ1) is 15.2. The highest BCUT2D eigenvalue weighted by Crippen LogP contribution is 2.29. The van der Waals surface area contributed by atoms with E-state index in [1.165, 1.54) is 5.56 Å². The van der Waals surface area contributed by atoms with Crippen molar-refractivity contribution in [3.63, 3.8) is 0 Å². The molecular formula is C18H23NO2. The monoisotopic (exact) mass is 285 g/mol. The largest absolute Gasteiger partial charge is 0.493 e. The summed E-state index contributed by atoms with van der Waals surface area (Å²) in [7, 11) is 1.66. The topological polar surface area (TPSA) is 30.5 Å². The van der Waals surface area contributed by atoms with Crippen molar-refractivity contribution in [2.45, 2.75) is 33.4 Å². The molecule has 3 heteroatoms. The summed E-state index contributed by atoms with van der Waals surface area (Å²) in [5.41, 5.74) is 3.53. The van der Waals surface area contributed by atoms with Crippen molar-refractivity contribution in [3.8, 4) is 11.5 Å². The second-order valence-electron chi connectivity index (χ2n) is 5.37. The zero-order valence-electron chi connectivity index (χ0n) is 13.1. The molecule has 0 radical (unpaired) electrons. The molecule has 0 heterocycles. The Kier molecular flexibility index (Phi) is 5.09. The molecule has 0 aromatic heterocycles. The Morgan fingerprint density at radius 3 is 2.33 bits per heavy atom. The van der Waals surface area contributed by atoms with E-state index in [0.29, 0.717) is 0 Å². The van der Waals surface area contributed by atoms with Crippen LogP contribution in [0.5, 0.6) is 11.5 Å². The van der Waals surface area contributed by atoms with E-state index in [1.807, 2.05) is 32.0 Å². The standard InChI is InChI=1S/C18H23NO2/c1-13(2)21-18-11-15(7-10-17(18)20-4)12-19-16-8-5-14(3)6-9-16/h5-11,13,19H,12H2,1-4H3. The van der Waals surface area contributed by atoms with Crippen molar-refractivity contribution < 1.29 is 9.47 Å². The third-order valence-corrected chi connectivity index (χ3v) is 3.14. The summed E-state index contributed by atoms with van der Waals surface area (Å²) in [6.45, 7) is 6.86.